The molecule has 0 aromatic heterocycles. The number of halogens is 1. The predicted octanol–water partition coefficient (Wildman–Crippen LogP) is 8.65. The van der Waals surface area contributed by atoms with E-state index in [0.717, 1.165) is 0 Å². The van der Waals surface area contributed by atoms with Gasteiger partial charge in [-0.3, -0.25) is 0 Å². The predicted molar refractivity (Wildman–Crippen MR) is 122 cm³/mol. The minimum Gasteiger partial charge on any atom is -0.0616 e. The van der Waals surface area contributed by atoms with Crippen molar-refractivity contribution in [1.82, 2.24) is 0 Å². The van der Waals surface area contributed by atoms with Crippen LogP contribution in [0.3, 0.4) is 0 Å². The summed E-state index contributed by atoms with van der Waals surface area (Å²) in [7, 11) is 0. The Bertz CT molecular complexity index is 1170. The lowest BCUT2D eigenvalue weighted by Gasteiger charge is -2.23. The molecule has 0 saturated carbocycles. The van der Waals surface area contributed by atoms with E-state index in [1.807, 2.05) is 0 Å². The molecular formula is C26H23Br. The molecule has 4 aromatic carbocycles. The Labute approximate surface area is 169 Å². The van der Waals surface area contributed by atoms with Gasteiger partial charge in [0, 0.05) is 4.47 Å². The molecule has 1 aliphatic rings. The van der Waals surface area contributed by atoms with E-state index in [1.54, 1.807) is 0 Å². The lowest BCUT2D eigenvalue weighted by atomic mass is 9.80. The fraction of sp³-hybridized carbons (Fsp3) is 0.231. The van der Waals surface area contributed by atoms with Gasteiger partial charge >= 0.3 is 0 Å². The maximum absolute atomic E-state index is 3.78. The number of hydrogen-bond acceptors (Lipinski definition) is 0. The molecule has 0 N–H and O–H groups in total. The van der Waals surface area contributed by atoms with Crippen LogP contribution >= 0.6 is 15.9 Å². The molecule has 1 heteroatoms. The molecule has 0 heterocycles. The van der Waals surface area contributed by atoms with Crippen LogP contribution in [0.2, 0.25) is 0 Å². The molecule has 0 saturated heterocycles. The van der Waals surface area contributed by atoms with E-state index in [2.05, 4.69) is 98.2 Å². The zero-order valence-electron chi connectivity index (χ0n) is 16.2. The van der Waals surface area contributed by atoms with Crippen molar-refractivity contribution in [2.45, 2.75) is 39.5 Å². The van der Waals surface area contributed by atoms with Gasteiger partial charge in [-0.05, 0) is 72.8 Å². The molecule has 0 spiro atoms. The normalized spacial score (nSPS) is 12.6. The van der Waals surface area contributed by atoms with Gasteiger partial charge in [0.2, 0.25) is 0 Å². The lowest BCUT2D eigenvalue weighted by Crippen LogP contribution is -2.01. The Morgan fingerprint density at radius 3 is 1.67 bits per heavy atom. The first-order valence-corrected chi connectivity index (χ1v) is 10.6. The van der Waals surface area contributed by atoms with E-state index in [-0.39, 0.29) is 0 Å². The van der Waals surface area contributed by atoms with Crippen LogP contribution in [0, 0.1) is 0 Å². The van der Waals surface area contributed by atoms with Crippen LogP contribution in [0.1, 0.15) is 50.7 Å². The quantitative estimate of drug-likeness (QED) is 0.271. The molecule has 0 aliphatic heterocycles. The summed E-state index contributed by atoms with van der Waals surface area (Å²) in [6, 6.07) is 20.3. The summed E-state index contributed by atoms with van der Waals surface area (Å²) in [6.07, 6.45) is 0. The number of benzene rings is 4. The highest BCUT2D eigenvalue weighted by Crippen LogP contribution is 2.56. The van der Waals surface area contributed by atoms with Crippen LogP contribution in [0.25, 0.3) is 43.8 Å². The summed E-state index contributed by atoms with van der Waals surface area (Å²) < 4.78 is 1.18. The summed E-state index contributed by atoms with van der Waals surface area (Å²) in [5.74, 6) is 0.941. The third-order valence-electron chi connectivity index (χ3n) is 5.98. The standard InChI is InChI=1S/C26H23Br/c1-14(2)22-16-8-5-6-9-17(16)23(15(3)4)26-20-12-13-21(27)18-10-7-11-19(24(18)20)25(22)26/h5-15H,1-4H3. The molecule has 1 aliphatic carbocycles. The van der Waals surface area contributed by atoms with E-state index in [4.69, 9.17) is 0 Å². The topological polar surface area (TPSA) is 0 Å². The highest BCUT2D eigenvalue weighted by molar-refractivity contribution is 9.10. The molecule has 0 unspecified atom stereocenters. The highest BCUT2D eigenvalue weighted by Gasteiger charge is 2.30. The van der Waals surface area contributed by atoms with Crippen molar-refractivity contribution in [3.05, 3.63) is 70.2 Å². The lowest BCUT2D eigenvalue weighted by molar-refractivity contribution is 0.864. The minimum atomic E-state index is 0.470. The zero-order valence-corrected chi connectivity index (χ0v) is 17.8. The molecule has 0 amide bonds. The first kappa shape index (κ1) is 17.0. The second kappa shape index (κ2) is 5.94. The van der Waals surface area contributed by atoms with Crippen molar-refractivity contribution in [2.75, 3.05) is 0 Å². The minimum absolute atomic E-state index is 0.470. The van der Waals surface area contributed by atoms with Crippen molar-refractivity contribution in [3.8, 4) is 22.3 Å². The summed E-state index contributed by atoms with van der Waals surface area (Å²) >= 11 is 3.78. The van der Waals surface area contributed by atoms with Gasteiger partial charge in [0.1, 0.15) is 0 Å². The largest absolute Gasteiger partial charge is 0.0616 e. The van der Waals surface area contributed by atoms with E-state index in [9.17, 15) is 0 Å². The average Bonchev–Trinajstić information content (AvgIpc) is 2.97. The number of hydrogen-bond donors (Lipinski definition) is 0. The van der Waals surface area contributed by atoms with Gasteiger partial charge in [0.15, 0.2) is 0 Å². The molecule has 27 heavy (non-hydrogen) atoms. The molecule has 0 fully saturated rings. The summed E-state index contributed by atoms with van der Waals surface area (Å²) in [4.78, 5) is 0. The summed E-state index contributed by atoms with van der Waals surface area (Å²) in [5.41, 5.74) is 8.71. The third-order valence-corrected chi connectivity index (χ3v) is 6.67. The molecule has 0 atom stereocenters. The monoisotopic (exact) mass is 414 g/mol. The van der Waals surface area contributed by atoms with Crippen LogP contribution in [-0.4, -0.2) is 0 Å². The summed E-state index contributed by atoms with van der Waals surface area (Å²) in [6.45, 7) is 9.32. The molecule has 0 radical (unpaired) electrons. The Kier molecular flexibility index (Phi) is 3.74. The molecule has 4 aromatic rings. The van der Waals surface area contributed by atoms with Gasteiger partial charge in [-0.15, -0.1) is 0 Å². The first-order chi connectivity index (χ1) is 13.0. The van der Waals surface area contributed by atoms with Gasteiger partial charge < -0.3 is 0 Å². The second-order valence-electron chi connectivity index (χ2n) is 8.26. The fourth-order valence-corrected chi connectivity index (χ4v) is 5.50. The van der Waals surface area contributed by atoms with Crippen LogP contribution in [0.5, 0.6) is 0 Å². The Hall–Kier alpha value is -2.12. The van der Waals surface area contributed by atoms with E-state index >= 15 is 0 Å². The van der Waals surface area contributed by atoms with Crippen molar-refractivity contribution in [1.29, 1.82) is 0 Å². The van der Waals surface area contributed by atoms with Crippen LogP contribution in [0.15, 0.2) is 59.1 Å². The maximum atomic E-state index is 3.78. The number of rotatable bonds is 2. The molecule has 0 nitrogen and oxygen atoms in total. The Balaban J connectivity index is 2.10. The number of fused-ring (bicyclic) bond motifs is 4. The van der Waals surface area contributed by atoms with E-state index in [0.29, 0.717) is 11.8 Å². The van der Waals surface area contributed by atoms with Crippen molar-refractivity contribution in [2.24, 2.45) is 0 Å². The summed E-state index contributed by atoms with van der Waals surface area (Å²) in [5, 5.41) is 5.55. The smallest absolute Gasteiger partial charge is 0.0254 e. The Morgan fingerprint density at radius 1 is 0.593 bits per heavy atom. The van der Waals surface area contributed by atoms with Crippen LogP contribution in [0.4, 0.5) is 0 Å². The molecular weight excluding hydrogens is 392 g/mol. The second-order valence-corrected chi connectivity index (χ2v) is 9.11. The average molecular weight is 415 g/mol. The Morgan fingerprint density at radius 2 is 1.11 bits per heavy atom. The molecule has 5 rings (SSSR count). The maximum Gasteiger partial charge on any atom is 0.0254 e. The van der Waals surface area contributed by atoms with Crippen molar-refractivity contribution < 1.29 is 0 Å². The van der Waals surface area contributed by atoms with E-state index < -0.39 is 0 Å². The van der Waals surface area contributed by atoms with Crippen LogP contribution < -0.4 is 0 Å². The first-order valence-electron chi connectivity index (χ1n) is 9.81. The van der Waals surface area contributed by atoms with Gasteiger partial charge in [-0.25, -0.2) is 0 Å². The van der Waals surface area contributed by atoms with Gasteiger partial charge in [-0.2, -0.15) is 0 Å². The third kappa shape index (κ3) is 2.21. The highest BCUT2D eigenvalue weighted by atomic mass is 79.9. The van der Waals surface area contributed by atoms with Crippen molar-refractivity contribution in [3.63, 3.8) is 0 Å². The van der Waals surface area contributed by atoms with Crippen molar-refractivity contribution >= 4 is 37.5 Å². The van der Waals surface area contributed by atoms with E-state index in [1.165, 1.54) is 59.4 Å². The SMILES string of the molecule is CC(C)c1c2c(c(C(C)C)c3ccccc13)-c1ccc(Br)c3cccc-2c13. The van der Waals surface area contributed by atoms with Gasteiger partial charge in [0.25, 0.3) is 0 Å². The fourth-order valence-electron chi connectivity index (χ4n) is 5.04. The van der Waals surface area contributed by atoms with Gasteiger partial charge in [-0.1, -0.05) is 92.2 Å². The molecule has 134 valence electrons. The zero-order chi connectivity index (χ0) is 18.9. The van der Waals surface area contributed by atoms with Crippen LogP contribution in [-0.2, 0) is 0 Å². The molecule has 0 bridgehead atoms. The van der Waals surface area contributed by atoms with Gasteiger partial charge in [0.05, 0.1) is 0 Å².